The number of aromatic nitrogens is 3. The van der Waals surface area contributed by atoms with Crippen LogP contribution < -0.4 is 5.32 Å². The SMILES string of the molecule is CC(=O)Nc1ccc(CN(CCCn2ccnc2)Cc2ccncc2)cc1. The van der Waals surface area contributed by atoms with Crippen LogP contribution in [-0.2, 0) is 24.4 Å². The average Bonchev–Trinajstić information content (AvgIpc) is 3.17. The lowest BCUT2D eigenvalue weighted by Crippen LogP contribution is -2.25. The smallest absolute Gasteiger partial charge is 0.221 e. The quantitative estimate of drug-likeness (QED) is 0.633. The third-order valence-electron chi connectivity index (χ3n) is 4.29. The molecule has 140 valence electrons. The van der Waals surface area contributed by atoms with E-state index in [0.717, 1.165) is 38.3 Å². The van der Waals surface area contributed by atoms with Gasteiger partial charge in [0.25, 0.3) is 0 Å². The average molecular weight is 363 g/mol. The first-order valence-corrected chi connectivity index (χ1v) is 9.12. The van der Waals surface area contributed by atoms with Gasteiger partial charge in [-0.1, -0.05) is 12.1 Å². The number of rotatable bonds is 9. The molecule has 1 aromatic carbocycles. The van der Waals surface area contributed by atoms with Gasteiger partial charge in [0.15, 0.2) is 0 Å². The number of anilines is 1. The van der Waals surface area contributed by atoms with Gasteiger partial charge in [-0.15, -0.1) is 0 Å². The summed E-state index contributed by atoms with van der Waals surface area (Å²) < 4.78 is 2.10. The Balaban J connectivity index is 1.62. The van der Waals surface area contributed by atoms with E-state index in [2.05, 4.69) is 49.0 Å². The lowest BCUT2D eigenvalue weighted by atomic mass is 10.1. The fraction of sp³-hybridized carbons (Fsp3) is 0.286. The lowest BCUT2D eigenvalue weighted by Gasteiger charge is -2.23. The number of imidazole rings is 1. The molecule has 2 aromatic heterocycles. The van der Waals surface area contributed by atoms with Crippen LogP contribution in [0.2, 0.25) is 0 Å². The van der Waals surface area contributed by atoms with Crippen molar-refractivity contribution in [2.75, 3.05) is 11.9 Å². The van der Waals surface area contributed by atoms with Gasteiger partial charge in [0.05, 0.1) is 6.33 Å². The molecule has 0 fully saturated rings. The second-order valence-electron chi connectivity index (χ2n) is 6.60. The Kier molecular flexibility index (Phi) is 6.71. The summed E-state index contributed by atoms with van der Waals surface area (Å²) in [6.07, 6.45) is 10.4. The minimum absolute atomic E-state index is 0.0541. The molecular weight excluding hydrogens is 338 g/mol. The highest BCUT2D eigenvalue weighted by Gasteiger charge is 2.08. The predicted octanol–water partition coefficient (Wildman–Crippen LogP) is 3.33. The molecule has 0 aliphatic carbocycles. The van der Waals surface area contributed by atoms with E-state index in [1.165, 1.54) is 18.1 Å². The summed E-state index contributed by atoms with van der Waals surface area (Å²) in [6.45, 7) is 5.18. The van der Waals surface area contributed by atoms with Crippen molar-refractivity contribution in [3.63, 3.8) is 0 Å². The molecule has 0 aliphatic heterocycles. The summed E-state index contributed by atoms with van der Waals surface area (Å²) in [5, 5.41) is 2.81. The monoisotopic (exact) mass is 363 g/mol. The zero-order valence-corrected chi connectivity index (χ0v) is 15.6. The van der Waals surface area contributed by atoms with Crippen LogP contribution in [0.5, 0.6) is 0 Å². The highest BCUT2D eigenvalue weighted by Crippen LogP contribution is 2.14. The summed E-state index contributed by atoms with van der Waals surface area (Å²) in [4.78, 5) is 21.8. The molecule has 0 aliphatic rings. The normalized spacial score (nSPS) is 10.9. The largest absolute Gasteiger partial charge is 0.337 e. The molecule has 27 heavy (non-hydrogen) atoms. The molecule has 0 spiro atoms. The summed E-state index contributed by atoms with van der Waals surface area (Å²) >= 11 is 0. The van der Waals surface area contributed by atoms with Crippen LogP contribution in [0.15, 0.2) is 67.5 Å². The number of nitrogens with zero attached hydrogens (tertiary/aromatic N) is 4. The molecule has 0 atom stereocenters. The number of amides is 1. The highest BCUT2D eigenvalue weighted by atomic mass is 16.1. The van der Waals surface area contributed by atoms with E-state index in [4.69, 9.17) is 0 Å². The Morgan fingerprint density at radius 3 is 2.33 bits per heavy atom. The minimum Gasteiger partial charge on any atom is -0.337 e. The maximum Gasteiger partial charge on any atom is 0.221 e. The summed E-state index contributed by atoms with van der Waals surface area (Å²) in [6, 6.07) is 12.2. The van der Waals surface area contributed by atoms with Crippen LogP contribution in [0.4, 0.5) is 5.69 Å². The number of benzene rings is 1. The minimum atomic E-state index is -0.0541. The van der Waals surface area contributed by atoms with Gasteiger partial charge in [-0.05, 0) is 41.8 Å². The van der Waals surface area contributed by atoms with Crippen molar-refractivity contribution in [2.45, 2.75) is 33.0 Å². The van der Waals surface area contributed by atoms with Gasteiger partial charge in [-0.3, -0.25) is 14.7 Å². The Hall–Kier alpha value is -2.99. The second-order valence-corrected chi connectivity index (χ2v) is 6.60. The number of aryl methyl sites for hydroxylation is 1. The van der Waals surface area contributed by atoms with Crippen molar-refractivity contribution in [1.82, 2.24) is 19.4 Å². The van der Waals surface area contributed by atoms with Crippen LogP contribution in [0, 0.1) is 0 Å². The Bertz CT molecular complexity index is 816. The fourth-order valence-corrected chi connectivity index (χ4v) is 3.01. The van der Waals surface area contributed by atoms with Gasteiger partial charge in [0.2, 0.25) is 5.91 Å². The molecule has 3 aromatic rings. The number of nitrogens with one attached hydrogen (secondary N) is 1. The molecule has 2 heterocycles. The topological polar surface area (TPSA) is 63.1 Å². The van der Waals surface area contributed by atoms with E-state index < -0.39 is 0 Å². The van der Waals surface area contributed by atoms with Crippen molar-refractivity contribution in [3.8, 4) is 0 Å². The summed E-state index contributed by atoms with van der Waals surface area (Å²) in [7, 11) is 0. The standard InChI is InChI=1S/C21H25N5O/c1-18(27)24-21-5-3-19(4-6-21)15-26(16-20-7-9-22-10-8-20)13-2-12-25-14-11-23-17-25/h3-11,14,17H,2,12-13,15-16H2,1H3,(H,24,27). The van der Waals surface area contributed by atoms with Crippen LogP contribution >= 0.6 is 0 Å². The van der Waals surface area contributed by atoms with E-state index in [0.29, 0.717) is 0 Å². The van der Waals surface area contributed by atoms with Gasteiger partial charge >= 0.3 is 0 Å². The van der Waals surface area contributed by atoms with Crippen LogP contribution in [-0.4, -0.2) is 31.9 Å². The molecule has 3 rings (SSSR count). The van der Waals surface area contributed by atoms with Crippen molar-refractivity contribution < 1.29 is 4.79 Å². The first-order chi connectivity index (χ1) is 13.2. The molecule has 1 amide bonds. The van der Waals surface area contributed by atoms with Crippen LogP contribution in [0.1, 0.15) is 24.5 Å². The van der Waals surface area contributed by atoms with Crippen LogP contribution in [0.3, 0.4) is 0 Å². The number of pyridine rings is 1. The zero-order valence-electron chi connectivity index (χ0n) is 15.6. The Morgan fingerprint density at radius 2 is 1.70 bits per heavy atom. The van der Waals surface area contributed by atoms with Crippen molar-refractivity contribution in [1.29, 1.82) is 0 Å². The van der Waals surface area contributed by atoms with Crippen molar-refractivity contribution in [3.05, 3.63) is 78.6 Å². The number of carbonyl (C=O) groups excluding carboxylic acids is 1. The third-order valence-corrected chi connectivity index (χ3v) is 4.29. The first-order valence-electron chi connectivity index (χ1n) is 9.12. The Morgan fingerprint density at radius 1 is 1.00 bits per heavy atom. The first kappa shape index (κ1) is 18.8. The predicted molar refractivity (Wildman–Crippen MR) is 106 cm³/mol. The second kappa shape index (κ2) is 9.64. The fourth-order valence-electron chi connectivity index (χ4n) is 3.01. The summed E-state index contributed by atoms with van der Waals surface area (Å²) in [5.74, 6) is -0.0541. The van der Waals surface area contributed by atoms with Gasteiger partial charge in [-0.2, -0.15) is 0 Å². The molecule has 6 heteroatoms. The molecule has 0 saturated carbocycles. The van der Waals surface area contributed by atoms with Gasteiger partial charge in [0.1, 0.15) is 0 Å². The van der Waals surface area contributed by atoms with E-state index in [9.17, 15) is 4.79 Å². The Labute approximate surface area is 159 Å². The van der Waals surface area contributed by atoms with E-state index in [-0.39, 0.29) is 5.91 Å². The summed E-state index contributed by atoms with van der Waals surface area (Å²) in [5.41, 5.74) is 3.30. The number of carbonyl (C=O) groups is 1. The van der Waals surface area contributed by atoms with E-state index in [1.807, 2.05) is 43.2 Å². The highest BCUT2D eigenvalue weighted by molar-refractivity contribution is 5.88. The van der Waals surface area contributed by atoms with Gasteiger partial charge in [-0.25, -0.2) is 4.98 Å². The third kappa shape index (κ3) is 6.34. The molecule has 6 nitrogen and oxygen atoms in total. The molecule has 1 N–H and O–H groups in total. The molecular formula is C21H25N5O. The molecule has 0 saturated heterocycles. The number of hydrogen-bond donors (Lipinski definition) is 1. The molecule has 0 unspecified atom stereocenters. The maximum absolute atomic E-state index is 11.2. The van der Waals surface area contributed by atoms with E-state index in [1.54, 1.807) is 0 Å². The molecule has 0 radical (unpaired) electrons. The van der Waals surface area contributed by atoms with Crippen molar-refractivity contribution >= 4 is 11.6 Å². The van der Waals surface area contributed by atoms with Crippen molar-refractivity contribution in [2.24, 2.45) is 0 Å². The van der Waals surface area contributed by atoms with E-state index >= 15 is 0 Å². The number of hydrogen-bond acceptors (Lipinski definition) is 4. The van der Waals surface area contributed by atoms with Gasteiger partial charge in [0, 0.05) is 63.6 Å². The molecule has 0 bridgehead atoms. The zero-order chi connectivity index (χ0) is 18.9. The van der Waals surface area contributed by atoms with Crippen LogP contribution in [0.25, 0.3) is 0 Å². The lowest BCUT2D eigenvalue weighted by molar-refractivity contribution is -0.114. The van der Waals surface area contributed by atoms with Gasteiger partial charge < -0.3 is 9.88 Å². The maximum atomic E-state index is 11.2.